The van der Waals surface area contributed by atoms with Gasteiger partial charge in [-0.15, -0.1) is 0 Å². The Balaban J connectivity index is 1.20. The van der Waals surface area contributed by atoms with Gasteiger partial charge in [-0.05, 0) is 65.1 Å². The zero-order valence-corrected chi connectivity index (χ0v) is 17.6. The first kappa shape index (κ1) is 19.3. The number of aromatic nitrogens is 2. The topological polar surface area (TPSA) is 82.5 Å². The lowest BCUT2D eigenvalue weighted by Gasteiger charge is -2.10. The Morgan fingerprint density at radius 3 is 2.70 bits per heavy atom. The van der Waals surface area contributed by atoms with Crippen LogP contribution >= 0.6 is 0 Å². The van der Waals surface area contributed by atoms with Crippen LogP contribution in [-0.2, 0) is 17.8 Å². The van der Waals surface area contributed by atoms with Crippen molar-refractivity contribution in [1.29, 1.82) is 0 Å². The number of amides is 1. The maximum absolute atomic E-state index is 12.7. The summed E-state index contributed by atoms with van der Waals surface area (Å²) in [5.74, 6) is 0.982. The quantitative estimate of drug-likeness (QED) is 0.462. The van der Waals surface area contributed by atoms with Gasteiger partial charge in [0.2, 0.25) is 12.7 Å². The van der Waals surface area contributed by atoms with E-state index in [1.54, 1.807) is 12.1 Å². The van der Waals surface area contributed by atoms with Crippen molar-refractivity contribution in [2.45, 2.75) is 13.0 Å². The van der Waals surface area contributed by atoms with Gasteiger partial charge in [-0.1, -0.05) is 30.3 Å². The fraction of sp³-hybridized carbons (Fsp3) is 0.115. The van der Waals surface area contributed by atoms with Crippen LogP contribution in [0.3, 0.4) is 0 Å². The molecule has 7 nitrogen and oxygen atoms in total. The largest absolute Gasteiger partial charge is 0.454 e. The maximum Gasteiger partial charge on any atom is 0.267 e. The molecule has 0 unspecified atom stereocenters. The van der Waals surface area contributed by atoms with Crippen LogP contribution in [0.5, 0.6) is 11.5 Å². The molecule has 1 amide bonds. The first-order chi connectivity index (χ1) is 16.1. The van der Waals surface area contributed by atoms with E-state index in [9.17, 15) is 9.59 Å². The molecule has 0 saturated heterocycles. The van der Waals surface area contributed by atoms with Crippen LogP contribution < -0.4 is 20.3 Å². The molecule has 0 radical (unpaired) electrons. The number of nitrogens with one attached hydrogen (secondary N) is 1. The minimum Gasteiger partial charge on any atom is -0.454 e. The zero-order chi connectivity index (χ0) is 22.4. The van der Waals surface area contributed by atoms with Crippen molar-refractivity contribution in [1.82, 2.24) is 9.78 Å². The Labute approximate surface area is 189 Å². The summed E-state index contributed by atoms with van der Waals surface area (Å²) in [4.78, 5) is 25.0. The second-order valence-corrected chi connectivity index (χ2v) is 8.04. The van der Waals surface area contributed by atoms with Crippen LogP contribution in [0.2, 0.25) is 0 Å². The molecular formula is C26H19N3O4. The smallest absolute Gasteiger partial charge is 0.267 e. The molecule has 3 aromatic carbocycles. The Kier molecular flexibility index (Phi) is 4.47. The summed E-state index contributed by atoms with van der Waals surface area (Å²) in [7, 11) is 0. The van der Waals surface area contributed by atoms with E-state index in [2.05, 4.69) is 22.5 Å². The lowest BCUT2D eigenvalue weighted by molar-refractivity contribution is -0.117. The molecule has 7 heteroatoms. The molecule has 1 aromatic heterocycles. The van der Waals surface area contributed by atoms with Gasteiger partial charge in [0, 0.05) is 17.3 Å². The van der Waals surface area contributed by atoms with Gasteiger partial charge in [-0.25, -0.2) is 4.68 Å². The molecule has 0 spiro atoms. The maximum atomic E-state index is 12.7. The number of benzene rings is 3. The summed E-state index contributed by atoms with van der Waals surface area (Å²) in [5, 5.41) is 7.27. The zero-order valence-electron chi connectivity index (χ0n) is 17.6. The van der Waals surface area contributed by atoms with Crippen molar-refractivity contribution in [3.05, 3.63) is 94.3 Å². The predicted molar refractivity (Wildman–Crippen MR) is 123 cm³/mol. The third-order valence-electron chi connectivity index (χ3n) is 5.91. The van der Waals surface area contributed by atoms with Crippen LogP contribution in [0, 0.1) is 0 Å². The molecule has 0 saturated carbocycles. The first-order valence-electron chi connectivity index (χ1n) is 10.6. The standard InChI is InChI=1S/C26H19N3O4/c30-25(27-19-6-7-21-18(12-19)11-16-3-1-2-4-20(16)21)14-29-26(31)10-8-22(28-29)17-5-9-23-24(13-17)33-15-32-23/h1-10,12-13H,11,14-15H2,(H,27,30). The van der Waals surface area contributed by atoms with Crippen LogP contribution in [0.25, 0.3) is 22.4 Å². The van der Waals surface area contributed by atoms with Crippen molar-refractivity contribution in [3.8, 4) is 33.9 Å². The molecule has 1 aliphatic carbocycles. The highest BCUT2D eigenvalue weighted by atomic mass is 16.7. The van der Waals surface area contributed by atoms with Crippen LogP contribution in [0.1, 0.15) is 11.1 Å². The van der Waals surface area contributed by atoms with Gasteiger partial charge < -0.3 is 14.8 Å². The number of ether oxygens (including phenoxy) is 2. The summed E-state index contributed by atoms with van der Waals surface area (Å²) in [6, 6.07) is 22.7. The average Bonchev–Trinajstić information content (AvgIpc) is 3.44. The van der Waals surface area contributed by atoms with E-state index in [-0.39, 0.29) is 24.8 Å². The molecule has 0 fully saturated rings. The van der Waals surface area contributed by atoms with Crippen molar-refractivity contribution < 1.29 is 14.3 Å². The van der Waals surface area contributed by atoms with E-state index in [0.717, 1.165) is 12.0 Å². The SMILES string of the molecule is O=C(Cn1nc(-c2ccc3c(c2)OCO3)ccc1=O)Nc1ccc2c(c1)Cc1ccccc1-2. The molecule has 1 aliphatic heterocycles. The highest BCUT2D eigenvalue weighted by Crippen LogP contribution is 2.38. The Morgan fingerprint density at radius 1 is 0.909 bits per heavy atom. The highest BCUT2D eigenvalue weighted by Gasteiger charge is 2.19. The fourth-order valence-corrected chi connectivity index (χ4v) is 4.33. The fourth-order valence-electron chi connectivity index (χ4n) is 4.33. The predicted octanol–water partition coefficient (Wildman–Crippen LogP) is 3.85. The van der Waals surface area contributed by atoms with Gasteiger partial charge in [0.05, 0.1) is 5.69 Å². The number of carbonyl (C=O) groups excluding carboxylic acids is 1. The van der Waals surface area contributed by atoms with Crippen LogP contribution in [-0.4, -0.2) is 22.5 Å². The van der Waals surface area contributed by atoms with E-state index in [1.165, 1.54) is 33.0 Å². The first-order valence-corrected chi connectivity index (χ1v) is 10.6. The van der Waals surface area contributed by atoms with Gasteiger partial charge in [0.1, 0.15) is 6.54 Å². The second-order valence-electron chi connectivity index (χ2n) is 8.04. The number of rotatable bonds is 4. The Morgan fingerprint density at radius 2 is 1.76 bits per heavy atom. The number of anilines is 1. The number of nitrogens with zero attached hydrogens (tertiary/aromatic N) is 2. The molecule has 2 heterocycles. The minimum absolute atomic E-state index is 0.181. The number of carbonyl (C=O) groups is 1. The van der Waals surface area contributed by atoms with Crippen molar-refractivity contribution in [2.75, 3.05) is 12.1 Å². The van der Waals surface area contributed by atoms with Gasteiger partial charge in [0.15, 0.2) is 11.5 Å². The summed E-state index contributed by atoms with van der Waals surface area (Å²) < 4.78 is 11.9. The van der Waals surface area contributed by atoms with E-state index in [0.29, 0.717) is 22.9 Å². The molecule has 6 rings (SSSR count). The van der Waals surface area contributed by atoms with Gasteiger partial charge >= 0.3 is 0 Å². The van der Waals surface area contributed by atoms with E-state index < -0.39 is 0 Å². The summed E-state index contributed by atoms with van der Waals surface area (Å²) in [6.45, 7) is -0.00476. The molecule has 0 bridgehead atoms. The summed E-state index contributed by atoms with van der Waals surface area (Å²) >= 11 is 0. The van der Waals surface area contributed by atoms with Crippen molar-refractivity contribution >= 4 is 11.6 Å². The Bertz CT molecular complexity index is 1470. The van der Waals surface area contributed by atoms with Gasteiger partial charge in [-0.3, -0.25) is 9.59 Å². The third-order valence-corrected chi connectivity index (χ3v) is 5.91. The molecule has 2 aliphatic rings. The molecule has 33 heavy (non-hydrogen) atoms. The normalized spacial score (nSPS) is 12.8. The molecular weight excluding hydrogens is 418 g/mol. The monoisotopic (exact) mass is 437 g/mol. The molecule has 1 N–H and O–H groups in total. The van der Waals surface area contributed by atoms with Crippen LogP contribution in [0.15, 0.2) is 77.6 Å². The number of hydrogen-bond acceptors (Lipinski definition) is 5. The van der Waals surface area contributed by atoms with Gasteiger partial charge in [0.25, 0.3) is 5.56 Å². The lowest BCUT2D eigenvalue weighted by Crippen LogP contribution is -2.29. The average molecular weight is 437 g/mol. The molecule has 0 atom stereocenters. The second kappa shape index (κ2) is 7.63. The molecule has 4 aromatic rings. The van der Waals surface area contributed by atoms with Gasteiger partial charge in [-0.2, -0.15) is 5.10 Å². The molecule has 162 valence electrons. The van der Waals surface area contributed by atoms with E-state index in [4.69, 9.17) is 9.47 Å². The van der Waals surface area contributed by atoms with E-state index in [1.807, 2.05) is 42.5 Å². The minimum atomic E-state index is -0.348. The summed E-state index contributed by atoms with van der Waals surface area (Å²) in [5.41, 5.74) is 6.58. The highest BCUT2D eigenvalue weighted by molar-refractivity contribution is 5.91. The van der Waals surface area contributed by atoms with Crippen molar-refractivity contribution in [2.24, 2.45) is 0 Å². The number of fused-ring (bicyclic) bond motifs is 4. The number of hydrogen-bond donors (Lipinski definition) is 1. The van der Waals surface area contributed by atoms with Crippen molar-refractivity contribution in [3.63, 3.8) is 0 Å². The lowest BCUT2D eigenvalue weighted by atomic mass is 10.1. The Hall–Kier alpha value is -4.39. The van der Waals surface area contributed by atoms with Crippen LogP contribution in [0.4, 0.5) is 5.69 Å². The summed E-state index contributed by atoms with van der Waals surface area (Å²) in [6.07, 6.45) is 0.841. The third kappa shape index (κ3) is 3.53. The van der Waals surface area contributed by atoms with E-state index >= 15 is 0 Å².